The van der Waals surface area contributed by atoms with Crippen LogP contribution < -0.4 is 0 Å². The van der Waals surface area contributed by atoms with E-state index in [4.69, 9.17) is 0 Å². The zero-order valence-corrected chi connectivity index (χ0v) is 17.4. The number of hydrogen-bond acceptors (Lipinski definition) is 3. The van der Waals surface area contributed by atoms with E-state index in [-0.39, 0.29) is 17.6 Å². The fraction of sp³-hybridized carbons (Fsp3) is 0.409. The highest BCUT2D eigenvalue weighted by Gasteiger charge is 2.32. The normalized spacial score (nSPS) is 16.1. The molecule has 28 heavy (non-hydrogen) atoms. The third-order valence-corrected chi connectivity index (χ3v) is 7.16. The van der Waals surface area contributed by atoms with Crippen LogP contribution in [-0.2, 0) is 27.1 Å². The van der Waals surface area contributed by atoms with E-state index >= 15 is 0 Å². The summed E-state index contributed by atoms with van der Waals surface area (Å²) in [5, 5.41) is 0. The van der Waals surface area contributed by atoms with Crippen molar-refractivity contribution in [3.05, 3.63) is 71.3 Å². The molecule has 0 atom stereocenters. The van der Waals surface area contributed by atoms with Gasteiger partial charge in [0.2, 0.25) is 15.9 Å². The molecule has 2 aromatic carbocycles. The van der Waals surface area contributed by atoms with Gasteiger partial charge in [0.15, 0.2) is 0 Å². The van der Waals surface area contributed by atoms with E-state index in [1.165, 1.54) is 4.31 Å². The van der Waals surface area contributed by atoms with E-state index in [0.717, 1.165) is 16.7 Å². The summed E-state index contributed by atoms with van der Waals surface area (Å²) < 4.78 is 27.0. The number of sulfonamides is 1. The first-order chi connectivity index (χ1) is 13.3. The van der Waals surface area contributed by atoms with Crippen LogP contribution in [0.1, 0.15) is 29.5 Å². The summed E-state index contributed by atoms with van der Waals surface area (Å²) in [6.07, 6.45) is 1.15. The second kappa shape index (κ2) is 8.88. The lowest BCUT2D eigenvalue weighted by atomic mass is 9.96. The molecule has 0 N–H and O–H groups in total. The minimum absolute atomic E-state index is 0.0137. The average molecular weight is 401 g/mol. The Morgan fingerprint density at radius 3 is 2.21 bits per heavy atom. The van der Waals surface area contributed by atoms with Gasteiger partial charge in [0.05, 0.1) is 5.75 Å². The summed E-state index contributed by atoms with van der Waals surface area (Å²) in [5.41, 5.74) is 3.00. The number of carbonyl (C=O) groups excluding carboxylic acids is 1. The molecule has 6 heteroatoms. The molecule has 0 unspecified atom stereocenters. The predicted molar refractivity (Wildman–Crippen MR) is 111 cm³/mol. The second-order valence-corrected chi connectivity index (χ2v) is 9.56. The molecule has 150 valence electrons. The summed E-state index contributed by atoms with van der Waals surface area (Å²) >= 11 is 0. The van der Waals surface area contributed by atoms with Crippen LogP contribution in [0.15, 0.2) is 54.6 Å². The Balaban J connectivity index is 1.54. The third-order valence-electron chi connectivity index (χ3n) is 5.31. The van der Waals surface area contributed by atoms with E-state index < -0.39 is 10.0 Å². The van der Waals surface area contributed by atoms with Gasteiger partial charge in [-0.25, -0.2) is 12.7 Å². The molecule has 0 spiro atoms. The molecule has 0 aliphatic carbocycles. The SMILES string of the molecule is Cc1ccc(CS(=O)(=O)N2CCC(C(=O)N(C)Cc3ccccc3)CC2)cc1. The first-order valence-electron chi connectivity index (χ1n) is 9.67. The predicted octanol–water partition coefficient (Wildman–Crippen LogP) is 3.20. The number of rotatable bonds is 6. The molecule has 1 heterocycles. The van der Waals surface area contributed by atoms with E-state index in [1.54, 1.807) is 4.90 Å². The number of carbonyl (C=O) groups is 1. The molecule has 1 amide bonds. The lowest BCUT2D eigenvalue weighted by Gasteiger charge is -2.32. The van der Waals surface area contributed by atoms with Crippen molar-refractivity contribution in [1.82, 2.24) is 9.21 Å². The van der Waals surface area contributed by atoms with Gasteiger partial charge in [-0.15, -0.1) is 0 Å². The van der Waals surface area contributed by atoms with Gasteiger partial charge in [-0.3, -0.25) is 4.79 Å². The van der Waals surface area contributed by atoms with E-state index in [9.17, 15) is 13.2 Å². The van der Waals surface area contributed by atoms with E-state index in [2.05, 4.69) is 0 Å². The Bertz CT molecular complexity index is 887. The zero-order chi connectivity index (χ0) is 20.1. The molecular formula is C22H28N2O3S. The lowest BCUT2D eigenvalue weighted by Crippen LogP contribution is -2.43. The van der Waals surface area contributed by atoms with Crippen molar-refractivity contribution >= 4 is 15.9 Å². The van der Waals surface area contributed by atoms with Crippen molar-refractivity contribution in [2.24, 2.45) is 5.92 Å². The van der Waals surface area contributed by atoms with E-state index in [1.807, 2.05) is 68.6 Å². The minimum Gasteiger partial charge on any atom is -0.341 e. The third kappa shape index (κ3) is 5.20. The molecule has 1 fully saturated rings. The largest absolute Gasteiger partial charge is 0.341 e. The Labute approximate surface area is 168 Å². The first-order valence-corrected chi connectivity index (χ1v) is 11.3. The molecule has 0 aromatic heterocycles. The molecule has 0 bridgehead atoms. The molecule has 1 aliphatic rings. The number of benzene rings is 2. The Morgan fingerprint density at radius 2 is 1.61 bits per heavy atom. The van der Waals surface area contributed by atoms with Gasteiger partial charge in [0, 0.05) is 32.6 Å². The van der Waals surface area contributed by atoms with Gasteiger partial charge < -0.3 is 4.90 Å². The molecule has 3 rings (SSSR count). The number of hydrogen-bond donors (Lipinski definition) is 0. The molecule has 1 aliphatic heterocycles. The van der Waals surface area contributed by atoms with Gasteiger partial charge in [0.25, 0.3) is 0 Å². The maximum absolute atomic E-state index is 12.7. The van der Waals surface area contributed by atoms with Gasteiger partial charge in [-0.2, -0.15) is 0 Å². The monoisotopic (exact) mass is 400 g/mol. The van der Waals surface area contributed by atoms with Crippen LogP contribution >= 0.6 is 0 Å². The number of amides is 1. The quantitative estimate of drug-likeness (QED) is 0.748. The summed E-state index contributed by atoms with van der Waals surface area (Å²) in [4.78, 5) is 14.5. The Kier molecular flexibility index (Phi) is 6.52. The number of piperidine rings is 1. The summed E-state index contributed by atoms with van der Waals surface area (Å²) in [5.74, 6) is -0.00115. The highest BCUT2D eigenvalue weighted by Crippen LogP contribution is 2.23. The van der Waals surface area contributed by atoms with Crippen molar-refractivity contribution in [2.75, 3.05) is 20.1 Å². The van der Waals surface area contributed by atoms with Crippen molar-refractivity contribution in [2.45, 2.75) is 32.1 Å². The second-order valence-electron chi connectivity index (χ2n) is 7.60. The van der Waals surface area contributed by atoms with Crippen LogP contribution in [0.2, 0.25) is 0 Å². The summed E-state index contributed by atoms with van der Waals surface area (Å²) in [7, 11) is -1.54. The first kappa shape index (κ1) is 20.6. The minimum atomic E-state index is -3.36. The van der Waals surface area contributed by atoms with Gasteiger partial charge in [-0.05, 0) is 30.9 Å². The number of nitrogens with zero attached hydrogens (tertiary/aromatic N) is 2. The van der Waals surface area contributed by atoms with Gasteiger partial charge in [-0.1, -0.05) is 60.2 Å². The van der Waals surface area contributed by atoms with Crippen LogP contribution in [0.4, 0.5) is 0 Å². The molecule has 5 nitrogen and oxygen atoms in total. The Hall–Kier alpha value is -2.18. The zero-order valence-electron chi connectivity index (χ0n) is 16.5. The maximum atomic E-state index is 12.7. The van der Waals surface area contributed by atoms with Crippen molar-refractivity contribution in [3.8, 4) is 0 Å². The van der Waals surface area contributed by atoms with Crippen molar-refractivity contribution < 1.29 is 13.2 Å². The standard InChI is InChI=1S/C22H28N2O3S/c1-18-8-10-20(11-9-18)17-28(26,27)24-14-12-21(13-15-24)22(25)23(2)16-19-6-4-3-5-7-19/h3-11,21H,12-17H2,1-2H3. The van der Waals surface area contributed by atoms with Crippen LogP contribution in [0.3, 0.4) is 0 Å². The van der Waals surface area contributed by atoms with Gasteiger partial charge in [0.1, 0.15) is 0 Å². The fourth-order valence-electron chi connectivity index (χ4n) is 3.61. The molecular weight excluding hydrogens is 372 g/mol. The highest BCUT2D eigenvalue weighted by molar-refractivity contribution is 7.88. The highest BCUT2D eigenvalue weighted by atomic mass is 32.2. The molecule has 1 saturated heterocycles. The van der Waals surface area contributed by atoms with Crippen LogP contribution in [0.5, 0.6) is 0 Å². The van der Waals surface area contributed by atoms with Crippen LogP contribution in [-0.4, -0.2) is 43.7 Å². The number of aryl methyl sites for hydroxylation is 1. The maximum Gasteiger partial charge on any atom is 0.225 e. The van der Waals surface area contributed by atoms with Crippen LogP contribution in [0.25, 0.3) is 0 Å². The van der Waals surface area contributed by atoms with Crippen molar-refractivity contribution in [1.29, 1.82) is 0 Å². The summed E-state index contributed by atoms with van der Waals surface area (Å²) in [6, 6.07) is 17.5. The smallest absolute Gasteiger partial charge is 0.225 e. The Morgan fingerprint density at radius 1 is 1.00 bits per heavy atom. The summed E-state index contributed by atoms with van der Waals surface area (Å²) in [6.45, 7) is 3.37. The molecule has 0 saturated carbocycles. The topological polar surface area (TPSA) is 57.7 Å². The van der Waals surface area contributed by atoms with E-state index in [0.29, 0.717) is 32.5 Å². The van der Waals surface area contributed by atoms with Gasteiger partial charge >= 0.3 is 0 Å². The fourth-order valence-corrected chi connectivity index (χ4v) is 5.18. The van der Waals surface area contributed by atoms with Crippen molar-refractivity contribution in [3.63, 3.8) is 0 Å². The van der Waals surface area contributed by atoms with Crippen LogP contribution in [0, 0.1) is 12.8 Å². The molecule has 0 radical (unpaired) electrons. The average Bonchev–Trinajstić information content (AvgIpc) is 2.70. The molecule has 2 aromatic rings. The lowest BCUT2D eigenvalue weighted by molar-refractivity contribution is -0.135.